The summed E-state index contributed by atoms with van der Waals surface area (Å²) in [5.41, 5.74) is 1.05. The quantitative estimate of drug-likeness (QED) is 0.498. The number of carbonyl (C=O) groups is 2. The third kappa shape index (κ3) is 5.55. The first-order valence-electron chi connectivity index (χ1n) is 14.3. The van der Waals surface area contributed by atoms with E-state index in [9.17, 15) is 14.7 Å². The number of nitrogens with one attached hydrogen (secondary N) is 1. The molecule has 2 atom stereocenters. The van der Waals surface area contributed by atoms with Crippen molar-refractivity contribution in [2.75, 3.05) is 49.2 Å². The van der Waals surface area contributed by atoms with Crippen LogP contribution in [0.1, 0.15) is 49.5 Å². The number of carbonyl (C=O) groups excluding carboxylic acids is 2. The van der Waals surface area contributed by atoms with E-state index in [-0.39, 0.29) is 24.5 Å². The van der Waals surface area contributed by atoms with Gasteiger partial charge >= 0.3 is 5.97 Å². The third-order valence-corrected chi connectivity index (χ3v) is 8.97. The Labute approximate surface area is 229 Å². The van der Waals surface area contributed by atoms with Crippen molar-refractivity contribution in [1.82, 2.24) is 10.3 Å². The van der Waals surface area contributed by atoms with Gasteiger partial charge < -0.3 is 29.7 Å². The van der Waals surface area contributed by atoms with Gasteiger partial charge in [0.25, 0.3) is 5.91 Å². The van der Waals surface area contributed by atoms with Crippen molar-refractivity contribution in [2.24, 2.45) is 17.8 Å². The molecule has 1 aromatic carbocycles. The Bertz CT molecular complexity index is 1180. The number of esters is 1. The van der Waals surface area contributed by atoms with Crippen LogP contribution in [-0.4, -0.2) is 73.0 Å². The molecule has 9 heteroatoms. The molecule has 7 rings (SSSR count). The van der Waals surface area contributed by atoms with E-state index >= 15 is 0 Å². The molecule has 1 amide bonds. The summed E-state index contributed by atoms with van der Waals surface area (Å²) in [5.74, 6) is 2.34. The molecule has 9 nitrogen and oxygen atoms in total. The van der Waals surface area contributed by atoms with Crippen LogP contribution >= 0.6 is 0 Å². The Morgan fingerprint density at radius 1 is 1.00 bits per heavy atom. The highest BCUT2D eigenvalue weighted by atomic mass is 16.6. The smallest absolute Gasteiger partial charge is 0.344 e. The molecule has 0 spiro atoms. The molecule has 0 radical (unpaired) electrons. The number of pyridine rings is 1. The molecule has 4 bridgehead atoms. The van der Waals surface area contributed by atoms with Crippen LogP contribution in [0.5, 0.6) is 5.75 Å². The molecule has 1 saturated heterocycles. The molecule has 1 aromatic heterocycles. The van der Waals surface area contributed by atoms with Crippen molar-refractivity contribution < 1.29 is 24.2 Å². The predicted molar refractivity (Wildman–Crippen MR) is 147 cm³/mol. The summed E-state index contributed by atoms with van der Waals surface area (Å²) in [6, 6.07) is 13.6. The molecule has 2 heterocycles. The number of piperazine rings is 1. The predicted octanol–water partition coefficient (Wildman–Crippen LogP) is 3.02. The number of amides is 1. The number of benzene rings is 1. The van der Waals surface area contributed by atoms with Gasteiger partial charge in [-0.3, -0.25) is 4.79 Å². The number of rotatable bonds is 8. The van der Waals surface area contributed by atoms with Gasteiger partial charge in [-0.2, -0.15) is 0 Å². The molecule has 2 aromatic rings. The van der Waals surface area contributed by atoms with Crippen LogP contribution in [0.25, 0.3) is 0 Å². The normalized spacial score (nSPS) is 29.3. The van der Waals surface area contributed by atoms with E-state index in [0.717, 1.165) is 69.8 Å². The number of nitrogens with zero attached hydrogens (tertiary/aromatic N) is 3. The lowest BCUT2D eigenvalue weighted by atomic mass is 9.52. The van der Waals surface area contributed by atoms with Crippen molar-refractivity contribution in [2.45, 2.75) is 50.7 Å². The Kier molecular flexibility index (Phi) is 7.10. The third-order valence-electron chi connectivity index (χ3n) is 8.97. The van der Waals surface area contributed by atoms with Crippen LogP contribution < -0.4 is 19.9 Å². The summed E-state index contributed by atoms with van der Waals surface area (Å²) in [7, 11) is 0. The number of hydrogen-bond acceptors (Lipinski definition) is 8. The second kappa shape index (κ2) is 10.7. The summed E-state index contributed by atoms with van der Waals surface area (Å²) in [6.45, 7) is 5.27. The first-order chi connectivity index (χ1) is 18.9. The molecule has 5 fully saturated rings. The van der Waals surface area contributed by atoms with Crippen molar-refractivity contribution in [3.63, 3.8) is 0 Å². The Balaban J connectivity index is 1.02. The number of aliphatic hydroxyl groups is 1. The van der Waals surface area contributed by atoms with E-state index < -0.39 is 5.60 Å². The van der Waals surface area contributed by atoms with E-state index in [1.54, 1.807) is 13.0 Å². The molecular formula is C30H38N4O5. The molecular weight excluding hydrogens is 496 g/mol. The van der Waals surface area contributed by atoms with E-state index in [1.807, 2.05) is 36.4 Å². The summed E-state index contributed by atoms with van der Waals surface area (Å²) < 4.78 is 10.4. The summed E-state index contributed by atoms with van der Waals surface area (Å²) in [5, 5.41) is 14.2. The maximum absolute atomic E-state index is 13.2. The van der Waals surface area contributed by atoms with Crippen molar-refractivity contribution in [1.29, 1.82) is 0 Å². The van der Waals surface area contributed by atoms with Gasteiger partial charge in [0.2, 0.25) is 0 Å². The topological polar surface area (TPSA) is 104 Å². The Hall–Kier alpha value is -3.33. The van der Waals surface area contributed by atoms with E-state index in [2.05, 4.69) is 15.1 Å². The second-order valence-corrected chi connectivity index (χ2v) is 11.6. The summed E-state index contributed by atoms with van der Waals surface area (Å²) in [6.07, 6.45) is 4.79. The van der Waals surface area contributed by atoms with Crippen molar-refractivity contribution in [3.8, 4) is 5.75 Å². The minimum Gasteiger partial charge on any atom is -0.482 e. The SMILES string of the molecule is CCOC(=O)COc1ccc(N2CCN(c3cccc(C(=O)NC4C5CC6CC4CC(O)(C6)C5)n3)CC2)cc1. The zero-order valence-corrected chi connectivity index (χ0v) is 22.6. The average molecular weight is 535 g/mol. The fourth-order valence-corrected chi connectivity index (χ4v) is 7.46. The minimum absolute atomic E-state index is 0.0956. The zero-order chi connectivity index (χ0) is 27.0. The van der Waals surface area contributed by atoms with Gasteiger partial charge in [0.15, 0.2) is 6.61 Å². The largest absolute Gasteiger partial charge is 0.482 e. The van der Waals surface area contributed by atoms with Crippen LogP contribution in [0.15, 0.2) is 42.5 Å². The molecule has 4 saturated carbocycles. The van der Waals surface area contributed by atoms with Crippen LogP contribution in [-0.2, 0) is 9.53 Å². The highest BCUT2D eigenvalue weighted by Crippen LogP contribution is 2.55. The maximum atomic E-state index is 13.2. The number of hydrogen-bond donors (Lipinski definition) is 2. The van der Waals surface area contributed by atoms with Crippen LogP contribution in [0.2, 0.25) is 0 Å². The first kappa shape index (κ1) is 25.9. The summed E-state index contributed by atoms with van der Waals surface area (Å²) in [4.78, 5) is 34.0. The number of ether oxygens (including phenoxy) is 2. The van der Waals surface area contributed by atoms with E-state index in [4.69, 9.17) is 14.5 Å². The highest BCUT2D eigenvalue weighted by molar-refractivity contribution is 5.93. The van der Waals surface area contributed by atoms with Gasteiger partial charge in [0.05, 0.1) is 12.2 Å². The van der Waals surface area contributed by atoms with Crippen LogP contribution in [0, 0.1) is 17.8 Å². The van der Waals surface area contributed by atoms with Crippen molar-refractivity contribution in [3.05, 3.63) is 48.2 Å². The van der Waals surface area contributed by atoms with E-state index in [1.165, 1.54) is 0 Å². The van der Waals surface area contributed by atoms with Gasteiger partial charge in [-0.05, 0) is 93.2 Å². The first-order valence-corrected chi connectivity index (χ1v) is 14.3. The zero-order valence-electron chi connectivity index (χ0n) is 22.6. The van der Waals surface area contributed by atoms with Gasteiger partial charge in [-0.25, -0.2) is 9.78 Å². The van der Waals surface area contributed by atoms with Gasteiger partial charge in [0.1, 0.15) is 17.3 Å². The minimum atomic E-state index is -0.502. The monoisotopic (exact) mass is 534 g/mol. The standard InChI is InChI=1S/C30H38N4O5/c1-2-38-27(35)19-39-24-8-6-23(7-9-24)33-10-12-34(13-11-33)26-5-3-4-25(31-26)29(36)32-28-21-14-20-15-22(28)18-30(37,16-20)17-21/h3-9,20-22,28,37H,2,10-19H2,1H3,(H,32,36). The highest BCUT2D eigenvalue weighted by Gasteiger charge is 2.55. The molecule has 2 unspecified atom stereocenters. The van der Waals surface area contributed by atoms with Gasteiger partial charge in [0, 0.05) is 37.9 Å². The van der Waals surface area contributed by atoms with Crippen LogP contribution in [0.4, 0.5) is 11.5 Å². The Morgan fingerprint density at radius 3 is 2.36 bits per heavy atom. The fraction of sp³-hybridized carbons (Fsp3) is 0.567. The second-order valence-electron chi connectivity index (χ2n) is 11.6. The lowest BCUT2D eigenvalue weighted by Gasteiger charge is -2.58. The molecule has 39 heavy (non-hydrogen) atoms. The number of aromatic nitrogens is 1. The van der Waals surface area contributed by atoms with Gasteiger partial charge in [-0.15, -0.1) is 0 Å². The molecule has 1 aliphatic heterocycles. The molecule has 208 valence electrons. The Morgan fingerprint density at radius 2 is 1.69 bits per heavy atom. The molecule has 4 aliphatic carbocycles. The van der Waals surface area contributed by atoms with Gasteiger partial charge in [-0.1, -0.05) is 6.07 Å². The van der Waals surface area contributed by atoms with Crippen LogP contribution in [0.3, 0.4) is 0 Å². The van der Waals surface area contributed by atoms with E-state index in [0.29, 0.717) is 35.8 Å². The van der Waals surface area contributed by atoms with Crippen molar-refractivity contribution >= 4 is 23.4 Å². The summed E-state index contributed by atoms with van der Waals surface area (Å²) >= 11 is 0. The lowest BCUT2D eigenvalue weighted by molar-refractivity contribution is -0.145. The molecule has 2 N–H and O–H groups in total. The fourth-order valence-electron chi connectivity index (χ4n) is 7.46. The number of anilines is 2. The average Bonchev–Trinajstić information content (AvgIpc) is 2.93. The maximum Gasteiger partial charge on any atom is 0.344 e. The lowest BCUT2D eigenvalue weighted by Crippen LogP contribution is -2.61. The molecule has 5 aliphatic rings.